The third kappa shape index (κ3) is 4.69. The molecule has 0 bridgehead atoms. The first-order valence-electron chi connectivity index (χ1n) is 8.44. The van der Waals surface area contributed by atoms with Gasteiger partial charge in [-0.15, -0.1) is 0 Å². The molecule has 0 radical (unpaired) electrons. The first-order valence-corrected chi connectivity index (χ1v) is 8.44. The van der Waals surface area contributed by atoms with E-state index in [4.69, 9.17) is 4.74 Å². The van der Waals surface area contributed by atoms with Gasteiger partial charge in [0.2, 0.25) is 0 Å². The number of aryl methyl sites for hydroxylation is 1. The minimum atomic E-state index is -0.0858. The maximum Gasteiger partial charge on any atom is 0.255 e. The van der Waals surface area contributed by atoms with E-state index in [0.717, 1.165) is 31.5 Å². The van der Waals surface area contributed by atoms with Crippen LogP contribution in [-0.2, 0) is 0 Å². The van der Waals surface area contributed by atoms with Crippen LogP contribution >= 0.6 is 0 Å². The molecule has 1 aliphatic heterocycles. The van der Waals surface area contributed by atoms with Gasteiger partial charge in [-0.25, -0.2) is 0 Å². The zero-order chi connectivity index (χ0) is 16.7. The zero-order valence-electron chi connectivity index (χ0n) is 14.2. The van der Waals surface area contributed by atoms with Crippen LogP contribution in [0.5, 0.6) is 5.75 Å². The molecule has 5 heteroatoms. The normalized spacial score (nSPS) is 18.7. The summed E-state index contributed by atoms with van der Waals surface area (Å²) in [7, 11) is 1.58. The number of hydrogen-bond donors (Lipinski definition) is 2. The van der Waals surface area contributed by atoms with Crippen LogP contribution in [0.2, 0.25) is 0 Å². The zero-order valence-corrected chi connectivity index (χ0v) is 14.2. The number of rotatable bonds is 7. The lowest BCUT2D eigenvalue weighted by Crippen LogP contribution is -2.43. The number of nitrogens with zero attached hydrogens (tertiary/aromatic N) is 1. The van der Waals surface area contributed by atoms with Crippen LogP contribution < -0.4 is 10.1 Å². The fourth-order valence-electron chi connectivity index (χ4n) is 3.24. The number of ether oxygens (including phenoxy) is 1. The van der Waals surface area contributed by atoms with E-state index in [1.165, 1.54) is 12.8 Å². The van der Waals surface area contributed by atoms with Crippen LogP contribution in [0.4, 0.5) is 0 Å². The van der Waals surface area contributed by atoms with Gasteiger partial charge in [-0.3, -0.25) is 9.69 Å². The summed E-state index contributed by atoms with van der Waals surface area (Å²) in [5.74, 6) is 0.524. The van der Waals surface area contributed by atoms with Crippen molar-refractivity contribution in [3.8, 4) is 5.75 Å². The number of nitrogens with one attached hydrogen (secondary N) is 1. The molecule has 1 heterocycles. The lowest BCUT2D eigenvalue weighted by Gasteiger charge is -2.34. The lowest BCUT2D eigenvalue weighted by atomic mass is 10.0. The van der Waals surface area contributed by atoms with Crippen LogP contribution in [0.25, 0.3) is 0 Å². The maximum absolute atomic E-state index is 12.4. The summed E-state index contributed by atoms with van der Waals surface area (Å²) < 4.78 is 5.28. The molecule has 0 saturated carbocycles. The number of amides is 1. The second-order valence-electron chi connectivity index (χ2n) is 6.13. The van der Waals surface area contributed by atoms with Gasteiger partial charge in [0.1, 0.15) is 5.75 Å². The number of methoxy groups -OCH3 is 1. The van der Waals surface area contributed by atoms with Gasteiger partial charge in [0, 0.05) is 19.1 Å². The second-order valence-corrected chi connectivity index (χ2v) is 6.13. The molecule has 0 aliphatic carbocycles. The molecule has 1 amide bonds. The van der Waals surface area contributed by atoms with Crippen LogP contribution in [0, 0.1) is 6.92 Å². The predicted octanol–water partition coefficient (Wildman–Crippen LogP) is 1.97. The third-order valence-electron chi connectivity index (χ3n) is 4.55. The van der Waals surface area contributed by atoms with Gasteiger partial charge in [0.15, 0.2) is 0 Å². The molecule has 5 nitrogen and oxygen atoms in total. The molecule has 1 aromatic carbocycles. The van der Waals surface area contributed by atoms with E-state index in [1.807, 2.05) is 25.1 Å². The van der Waals surface area contributed by atoms with E-state index in [2.05, 4.69) is 10.2 Å². The summed E-state index contributed by atoms with van der Waals surface area (Å²) in [5, 5.41) is 12.4. The molecule has 2 N–H and O–H groups in total. The largest absolute Gasteiger partial charge is 0.496 e. The molecule has 0 aromatic heterocycles. The Morgan fingerprint density at radius 2 is 2.26 bits per heavy atom. The summed E-state index contributed by atoms with van der Waals surface area (Å²) in [4.78, 5) is 14.7. The summed E-state index contributed by atoms with van der Waals surface area (Å²) in [6.07, 6.45) is 4.36. The quantitative estimate of drug-likeness (QED) is 0.754. The van der Waals surface area contributed by atoms with Gasteiger partial charge in [0.05, 0.1) is 19.3 Å². The van der Waals surface area contributed by atoms with E-state index in [-0.39, 0.29) is 18.6 Å². The van der Waals surface area contributed by atoms with E-state index >= 15 is 0 Å². The Morgan fingerprint density at radius 3 is 3.00 bits per heavy atom. The minimum Gasteiger partial charge on any atom is -0.496 e. The topological polar surface area (TPSA) is 61.8 Å². The molecule has 128 valence electrons. The summed E-state index contributed by atoms with van der Waals surface area (Å²) in [5.41, 5.74) is 1.53. The molecular formula is C18H28N2O3. The number of carbonyl (C=O) groups is 1. The Hall–Kier alpha value is -1.59. The molecule has 2 rings (SSSR count). The van der Waals surface area contributed by atoms with Crippen LogP contribution in [0.1, 0.15) is 41.6 Å². The van der Waals surface area contributed by atoms with Crippen molar-refractivity contribution >= 4 is 5.91 Å². The number of hydrogen-bond acceptors (Lipinski definition) is 4. The average molecular weight is 320 g/mol. The summed E-state index contributed by atoms with van der Waals surface area (Å²) >= 11 is 0. The SMILES string of the molecule is COc1cccc(C)c1C(=O)NCCCN1CCCC[C@@H]1CO. The van der Waals surface area contributed by atoms with Crippen LogP contribution in [-0.4, -0.2) is 55.3 Å². The highest BCUT2D eigenvalue weighted by molar-refractivity contribution is 5.98. The minimum absolute atomic E-state index is 0.0858. The number of carbonyl (C=O) groups excluding carboxylic acids is 1. The molecule has 1 saturated heterocycles. The Kier molecular flexibility index (Phi) is 6.86. The maximum atomic E-state index is 12.4. The first kappa shape index (κ1) is 17.8. The first-order chi connectivity index (χ1) is 11.2. The number of benzene rings is 1. The lowest BCUT2D eigenvalue weighted by molar-refractivity contribution is 0.0867. The van der Waals surface area contributed by atoms with Gasteiger partial charge < -0.3 is 15.2 Å². The Bertz CT molecular complexity index is 519. The van der Waals surface area contributed by atoms with Gasteiger partial charge in [-0.2, -0.15) is 0 Å². The Morgan fingerprint density at radius 1 is 1.43 bits per heavy atom. The van der Waals surface area contributed by atoms with Gasteiger partial charge >= 0.3 is 0 Å². The highest BCUT2D eigenvalue weighted by Crippen LogP contribution is 2.21. The highest BCUT2D eigenvalue weighted by Gasteiger charge is 2.21. The van der Waals surface area contributed by atoms with Crippen molar-refractivity contribution in [3.05, 3.63) is 29.3 Å². The molecule has 0 unspecified atom stereocenters. The van der Waals surface area contributed by atoms with Gasteiger partial charge in [-0.1, -0.05) is 18.6 Å². The summed E-state index contributed by atoms with van der Waals surface area (Å²) in [6.45, 7) is 4.73. The van der Waals surface area contributed by atoms with Gasteiger partial charge in [-0.05, 0) is 44.4 Å². The van der Waals surface area contributed by atoms with E-state index in [0.29, 0.717) is 17.9 Å². The fraction of sp³-hybridized carbons (Fsp3) is 0.611. The molecule has 1 atom stereocenters. The van der Waals surface area contributed by atoms with Gasteiger partial charge in [0.25, 0.3) is 5.91 Å². The van der Waals surface area contributed by atoms with E-state index < -0.39 is 0 Å². The van der Waals surface area contributed by atoms with Crippen molar-refractivity contribution in [2.75, 3.05) is 33.4 Å². The number of piperidine rings is 1. The van der Waals surface area contributed by atoms with Crippen molar-refractivity contribution in [1.82, 2.24) is 10.2 Å². The highest BCUT2D eigenvalue weighted by atomic mass is 16.5. The van der Waals surface area contributed by atoms with Crippen molar-refractivity contribution in [2.45, 2.75) is 38.6 Å². The fourth-order valence-corrected chi connectivity index (χ4v) is 3.24. The number of likely N-dealkylation sites (tertiary alicyclic amines) is 1. The van der Waals surface area contributed by atoms with Crippen molar-refractivity contribution in [1.29, 1.82) is 0 Å². The van der Waals surface area contributed by atoms with Crippen molar-refractivity contribution < 1.29 is 14.6 Å². The van der Waals surface area contributed by atoms with Crippen LogP contribution in [0.3, 0.4) is 0 Å². The molecule has 1 aromatic rings. The standard InChI is InChI=1S/C18H28N2O3/c1-14-7-5-9-16(23-2)17(14)18(22)19-10-6-12-20-11-4-3-8-15(20)13-21/h5,7,9,15,21H,3-4,6,8,10-13H2,1-2H3,(H,19,22)/t15-/m1/s1. The predicted molar refractivity (Wildman–Crippen MR) is 91.0 cm³/mol. The van der Waals surface area contributed by atoms with E-state index in [9.17, 15) is 9.90 Å². The summed E-state index contributed by atoms with van der Waals surface area (Å²) in [6, 6.07) is 5.89. The molecule has 0 spiro atoms. The monoisotopic (exact) mass is 320 g/mol. The van der Waals surface area contributed by atoms with Crippen molar-refractivity contribution in [3.63, 3.8) is 0 Å². The molecule has 23 heavy (non-hydrogen) atoms. The van der Waals surface area contributed by atoms with E-state index in [1.54, 1.807) is 7.11 Å². The Balaban J connectivity index is 1.81. The second kappa shape index (κ2) is 8.89. The van der Waals surface area contributed by atoms with Crippen LogP contribution in [0.15, 0.2) is 18.2 Å². The number of aliphatic hydroxyl groups excluding tert-OH is 1. The average Bonchev–Trinajstić information content (AvgIpc) is 2.58. The smallest absolute Gasteiger partial charge is 0.255 e. The Labute approximate surface area is 138 Å². The third-order valence-corrected chi connectivity index (χ3v) is 4.55. The molecule has 1 aliphatic rings. The van der Waals surface area contributed by atoms with Crippen molar-refractivity contribution in [2.24, 2.45) is 0 Å². The molecular weight excluding hydrogens is 292 g/mol. The molecule has 1 fully saturated rings. The number of aliphatic hydroxyl groups is 1.